The average Bonchev–Trinajstić information content (AvgIpc) is 2.68. The number of aliphatic hydroxyl groups is 1. The van der Waals surface area contributed by atoms with Gasteiger partial charge in [-0.1, -0.05) is 17.7 Å². The van der Waals surface area contributed by atoms with Crippen molar-refractivity contribution in [3.05, 3.63) is 53.2 Å². The predicted molar refractivity (Wildman–Crippen MR) is 105 cm³/mol. The molecule has 1 atom stereocenters. The normalized spacial score (nSPS) is 16.5. The Morgan fingerprint density at radius 2 is 2.00 bits per heavy atom. The van der Waals surface area contributed by atoms with Crippen LogP contribution in [0.1, 0.15) is 12.0 Å². The van der Waals surface area contributed by atoms with Crippen molar-refractivity contribution in [2.24, 2.45) is 0 Å². The minimum absolute atomic E-state index is 0.301. The van der Waals surface area contributed by atoms with Crippen LogP contribution < -0.4 is 9.64 Å². The summed E-state index contributed by atoms with van der Waals surface area (Å²) in [6.45, 7) is 7.02. The fourth-order valence-corrected chi connectivity index (χ4v) is 3.17. The lowest BCUT2D eigenvalue weighted by atomic mass is 10.2. The van der Waals surface area contributed by atoms with Crippen LogP contribution in [0.15, 0.2) is 42.6 Å². The van der Waals surface area contributed by atoms with E-state index in [1.165, 1.54) is 0 Å². The summed E-state index contributed by atoms with van der Waals surface area (Å²) >= 11 is 6.01. The first-order valence-corrected chi connectivity index (χ1v) is 9.45. The molecule has 6 heteroatoms. The summed E-state index contributed by atoms with van der Waals surface area (Å²) < 4.78 is 5.67. The zero-order valence-corrected chi connectivity index (χ0v) is 15.9. The van der Waals surface area contributed by atoms with Gasteiger partial charge >= 0.3 is 0 Å². The van der Waals surface area contributed by atoms with Gasteiger partial charge in [0.25, 0.3) is 0 Å². The van der Waals surface area contributed by atoms with Crippen LogP contribution in [0.25, 0.3) is 0 Å². The standard InChI is InChI=1S/C20H26ClN3O2/c1-16-14-18(5-6-19(16)21)26-15-17(25)7-9-23-10-12-24(13-11-23)20-4-2-3-8-22-20/h2-6,8,14,17,25H,7,9-13,15H2,1H3. The molecule has 5 nitrogen and oxygen atoms in total. The fourth-order valence-electron chi connectivity index (χ4n) is 3.06. The van der Waals surface area contributed by atoms with Crippen molar-refractivity contribution < 1.29 is 9.84 Å². The summed E-state index contributed by atoms with van der Waals surface area (Å²) in [5, 5.41) is 10.9. The highest BCUT2D eigenvalue weighted by molar-refractivity contribution is 6.31. The molecule has 1 aliphatic heterocycles. The smallest absolute Gasteiger partial charge is 0.128 e. The molecule has 3 rings (SSSR count). The van der Waals surface area contributed by atoms with Gasteiger partial charge in [-0.15, -0.1) is 0 Å². The number of anilines is 1. The summed E-state index contributed by atoms with van der Waals surface area (Å²) in [7, 11) is 0. The van der Waals surface area contributed by atoms with Crippen molar-refractivity contribution in [2.75, 3.05) is 44.2 Å². The van der Waals surface area contributed by atoms with Gasteiger partial charge in [0.2, 0.25) is 0 Å². The minimum Gasteiger partial charge on any atom is -0.491 e. The number of pyridine rings is 1. The van der Waals surface area contributed by atoms with Gasteiger partial charge in [-0.05, 0) is 49.2 Å². The van der Waals surface area contributed by atoms with Gasteiger partial charge in [0.05, 0.1) is 6.10 Å². The average molecular weight is 376 g/mol. The molecule has 0 amide bonds. The van der Waals surface area contributed by atoms with Crippen molar-refractivity contribution in [1.82, 2.24) is 9.88 Å². The van der Waals surface area contributed by atoms with E-state index in [9.17, 15) is 5.11 Å². The number of rotatable bonds is 7. The van der Waals surface area contributed by atoms with E-state index < -0.39 is 6.10 Å². The Hall–Kier alpha value is -1.82. The number of halogens is 1. The zero-order chi connectivity index (χ0) is 18.4. The molecule has 1 aromatic carbocycles. The van der Waals surface area contributed by atoms with Crippen LogP contribution >= 0.6 is 11.6 Å². The molecule has 0 radical (unpaired) electrons. The molecule has 2 aromatic rings. The van der Waals surface area contributed by atoms with E-state index >= 15 is 0 Å². The quantitative estimate of drug-likeness (QED) is 0.806. The summed E-state index contributed by atoms with van der Waals surface area (Å²) in [4.78, 5) is 9.10. The molecule has 0 spiro atoms. The van der Waals surface area contributed by atoms with Crippen molar-refractivity contribution in [2.45, 2.75) is 19.4 Å². The van der Waals surface area contributed by atoms with Gasteiger partial charge in [-0.25, -0.2) is 4.98 Å². The van der Waals surface area contributed by atoms with Crippen LogP contribution in [-0.4, -0.2) is 60.4 Å². The van der Waals surface area contributed by atoms with E-state index in [2.05, 4.69) is 20.9 Å². The van der Waals surface area contributed by atoms with Gasteiger partial charge in [0, 0.05) is 43.9 Å². The molecule has 1 aliphatic rings. The molecular formula is C20H26ClN3O2. The number of nitrogens with zero attached hydrogens (tertiary/aromatic N) is 3. The molecular weight excluding hydrogens is 350 g/mol. The topological polar surface area (TPSA) is 48.8 Å². The van der Waals surface area contributed by atoms with E-state index in [0.29, 0.717) is 13.0 Å². The first kappa shape index (κ1) is 19.0. The van der Waals surface area contributed by atoms with Gasteiger partial charge in [0.15, 0.2) is 0 Å². The molecule has 1 unspecified atom stereocenters. The molecule has 2 heterocycles. The number of ether oxygens (including phenoxy) is 1. The number of aliphatic hydroxyl groups excluding tert-OH is 1. The van der Waals surface area contributed by atoms with Crippen molar-refractivity contribution in [3.63, 3.8) is 0 Å². The second-order valence-corrected chi connectivity index (χ2v) is 7.09. The lowest BCUT2D eigenvalue weighted by Crippen LogP contribution is -2.47. The predicted octanol–water partition coefficient (Wildman–Crippen LogP) is 3.00. The summed E-state index contributed by atoms with van der Waals surface area (Å²) in [5.74, 6) is 1.79. The van der Waals surface area contributed by atoms with Gasteiger partial charge in [-0.3, -0.25) is 4.90 Å². The van der Waals surface area contributed by atoms with Crippen LogP contribution in [-0.2, 0) is 0 Å². The SMILES string of the molecule is Cc1cc(OCC(O)CCN2CCN(c3ccccn3)CC2)ccc1Cl. The third-order valence-corrected chi connectivity index (χ3v) is 5.12. The number of aromatic nitrogens is 1. The summed E-state index contributed by atoms with van der Waals surface area (Å²) in [5.41, 5.74) is 0.976. The molecule has 1 saturated heterocycles. The number of aryl methyl sites for hydroxylation is 1. The number of hydrogen-bond acceptors (Lipinski definition) is 5. The van der Waals surface area contributed by atoms with E-state index in [-0.39, 0.29) is 0 Å². The highest BCUT2D eigenvalue weighted by atomic mass is 35.5. The maximum atomic E-state index is 10.2. The monoisotopic (exact) mass is 375 g/mol. The molecule has 0 saturated carbocycles. The Morgan fingerprint density at radius 3 is 2.69 bits per heavy atom. The Balaban J connectivity index is 1.36. The number of benzene rings is 1. The van der Waals surface area contributed by atoms with Crippen LogP contribution in [0.4, 0.5) is 5.82 Å². The second-order valence-electron chi connectivity index (χ2n) is 6.68. The molecule has 140 valence electrons. The zero-order valence-electron chi connectivity index (χ0n) is 15.1. The van der Waals surface area contributed by atoms with Crippen LogP contribution in [0, 0.1) is 6.92 Å². The Bertz CT molecular complexity index is 691. The number of hydrogen-bond donors (Lipinski definition) is 1. The minimum atomic E-state index is -0.472. The fraction of sp³-hybridized carbons (Fsp3) is 0.450. The van der Waals surface area contributed by atoms with Crippen molar-refractivity contribution in [3.8, 4) is 5.75 Å². The molecule has 26 heavy (non-hydrogen) atoms. The Labute approximate surface area is 160 Å². The third-order valence-electron chi connectivity index (χ3n) is 4.70. The molecule has 1 N–H and O–H groups in total. The van der Waals surface area contributed by atoms with E-state index in [0.717, 1.165) is 54.9 Å². The van der Waals surface area contributed by atoms with Gasteiger partial charge in [0.1, 0.15) is 18.2 Å². The highest BCUT2D eigenvalue weighted by Gasteiger charge is 2.18. The molecule has 0 aliphatic carbocycles. The largest absolute Gasteiger partial charge is 0.491 e. The van der Waals surface area contributed by atoms with Crippen molar-refractivity contribution >= 4 is 17.4 Å². The Kier molecular flexibility index (Phi) is 6.72. The first-order chi connectivity index (χ1) is 12.6. The summed E-state index contributed by atoms with van der Waals surface area (Å²) in [6, 6.07) is 11.6. The Morgan fingerprint density at radius 1 is 1.19 bits per heavy atom. The maximum Gasteiger partial charge on any atom is 0.128 e. The maximum absolute atomic E-state index is 10.2. The number of piperazine rings is 1. The molecule has 1 aromatic heterocycles. The lowest BCUT2D eigenvalue weighted by Gasteiger charge is -2.35. The van der Waals surface area contributed by atoms with Crippen LogP contribution in [0.2, 0.25) is 5.02 Å². The van der Waals surface area contributed by atoms with E-state index in [4.69, 9.17) is 16.3 Å². The first-order valence-electron chi connectivity index (χ1n) is 9.07. The van der Waals surface area contributed by atoms with E-state index in [1.54, 1.807) is 0 Å². The molecule has 0 bridgehead atoms. The molecule has 1 fully saturated rings. The second kappa shape index (κ2) is 9.21. The highest BCUT2D eigenvalue weighted by Crippen LogP contribution is 2.21. The van der Waals surface area contributed by atoms with E-state index in [1.807, 2.05) is 43.5 Å². The third kappa shape index (κ3) is 5.34. The van der Waals surface area contributed by atoms with Gasteiger partial charge < -0.3 is 14.7 Å². The van der Waals surface area contributed by atoms with Crippen LogP contribution in [0.3, 0.4) is 0 Å². The lowest BCUT2D eigenvalue weighted by molar-refractivity contribution is 0.0866. The van der Waals surface area contributed by atoms with Gasteiger partial charge in [-0.2, -0.15) is 0 Å². The van der Waals surface area contributed by atoms with Crippen LogP contribution in [0.5, 0.6) is 5.75 Å². The summed E-state index contributed by atoms with van der Waals surface area (Å²) in [6.07, 6.45) is 2.07. The van der Waals surface area contributed by atoms with Crippen molar-refractivity contribution in [1.29, 1.82) is 0 Å².